The molecule has 0 radical (unpaired) electrons. The van der Waals surface area contributed by atoms with E-state index in [4.69, 9.17) is 11.6 Å². The van der Waals surface area contributed by atoms with Gasteiger partial charge in [-0.2, -0.15) is 0 Å². The second-order valence-electron chi connectivity index (χ2n) is 5.46. The molecule has 2 aromatic carbocycles. The normalized spacial score (nSPS) is 10.5. The van der Waals surface area contributed by atoms with Gasteiger partial charge in [0.15, 0.2) is 0 Å². The molecule has 0 unspecified atom stereocenters. The summed E-state index contributed by atoms with van der Waals surface area (Å²) >= 11 is 5.96. The van der Waals surface area contributed by atoms with Crippen LogP contribution in [0.2, 0.25) is 5.02 Å². The van der Waals surface area contributed by atoms with Crippen molar-refractivity contribution in [3.8, 4) is 0 Å². The van der Waals surface area contributed by atoms with Crippen LogP contribution in [0.4, 0.5) is 26.1 Å². The number of amides is 1. The second kappa shape index (κ2) is 7.45. The van der Waals surface area contributed by atoms with Crippen molar-refractivity contribution < 1.29 is 13.6 Å². The van der Waals surface area contributed by atoms with Crippen molar-refractivity contribution in [3.05, 3.63) is 76.6 Å². The topological polar surface area (TPSA) is 66.9 Å². The molecule has 1 heterocycles. The lowest BCUT2D eigenvalue weighted by Gasteiger charge is -2.09. The number of aromatic nitrogens is 2. The molecule has 3 rings (SSSR count). The lowest BCUT2D eigenvalue weighted by Crippen LogP contribution is -2.14. The van der Waals surface area contributed by atoms with Crippen molar-refractivity contribution in [2.24, 2.45) is 0 Å². The molecule has 0 fully saturated rings. The highest BCUT2D eigenvalue weighted by Crippen LogP contribution is 2.22. The van der Waals surface area contributed by atoms with E-state index >= 15 is 0 Å². The molecule has 2 N–H and O–H groups in total. The van der Waals surface area contributed by atoms with Gasteiger partial charge in [-0.05, 0) is 36.8 Å². The van der Waals surface area contributed by atoms with Crippen LogP contribution in [0, 0.1) is 18.6 Å². The van der Waals surface area contributed by atoms with Gasteiger partial charge in [0.05, 0.1) is 11.3 Å². The van der Waals surface area contributed by atoms with E-state index in [1.807, 2.05) is 13.0 Å². The second-order valence-corrected chi connectivity index (χ2v) is 5.89. The van der Waals surface area contributed by atoms with Crippen LogP contribution in [-0.2, 0) is 0 Å². The summed E-state index contributed by atoms with van der Waals surface area (Å²) in [6.45, 7) is 1.90. The molecule has 0 saturated heterocycles. The highest BCUT2D eigenvalue weighted by molar-refractivity contribution is 6.30. The van der Waals surface area contributed by atoms with Crippen LogP contribution in [0.5, 0.6) is 0 Å². The van der Waals surface area contributed by atoms with E-state index in [0.717, 1.165) is 23.4 Å². The van der Waals surface area contributed by atoms with E-state index in [2.05, 4.69) is 20.6 Å². The summed E-state index contributed by atoms with van der Waals surface area (Å²) in [4.78, 5) is 20.3. The first-order chi connectivity index (χ1) is 12.4. The molecule has 0 aliphatic carbocycles. The summed E-state index contributed by atoms with van der Waals surface area (Å²) in [5.74, 6) is -1.93. The number of aryl methyl sites for hydroxylation is 1. The summed E-state index contributed by atoms with van der Waals surface area (Å²) in [5, 5.41) is 5.91. The van der Waals surface area contributed by atoms with Crippen LogP contribution in [0.25, 0.3) is 0 Å². The summed E-state index contributed by atoms with van der Waals surface area (Å²) in [5.41, 5.74) is 1.69. The summed E-state index contributed by atoms with van der Waals surface area (Å²) in [7, 11) is 0. The SMILES string of the molecule is Cc1ccc(Cl)cc1Nc1ncc(C(=O)Nc2ccc(F)cc2F)cn1. The predicted octanol–water partition coefficient (Wildman–Crippen LogP) is 4.71. The molecule has 132 valence electrons. The Bertz CT molecular complexity index is 964. The standard InChI is InChI=1S/C18H13ClF2N4O/c1-10-2-3-12(19)6-16(10)25-18-22-8-11(9-23-18)17(26)24-15-5-4-13(20)7-14(15)21/h2-9H,1H3,(H,24,26)(H,22,23,25). The highest BCUT2D eigenvalue weighted by atomic mass is 35.5. The molecule has 1 aromatic heterocycles. The van der Waals surface area contributed by atoms with Crippen molar-refractivity contribution in [1.82, 2.24) is 9.97 Å². The molecule has 26 heavy (non-hydrogen) atoms. The number of rotatable bonds is 4. The van der Waals surface area contributed by atoms with Crippen LogP contribution in [0.15, 0.2) is 48.8 Å². The Labute approximate surface area is 153 Å². The molecule has 5 nitrogen and oxygen atoms in total. The number of halogens is 3. The fourth-order valence-electron chi connectivity index (χ4n) is 2.14. The van der Waals surface area contributed by atoms with E-state index < -0.39 is 17.5 Å². The van der Waals surface area contributed by atoms with Crippen LogP contribution < -0.4 is 10.6 Å². The zero-order valence-corrected chi connectivity index (χ0v) is 14.3. The zero-order valence-electron chi connectivity index (χ0n) is 13.6. The van der Waals surface area contributed by atoms with Gasteiger partial charge in [-0.15, -0.1) is 0 Å². The maximum absolute atomic E-state index is 13.6. The summed E-state index contributed by atoms with van der Waals surface area (Å²) in [6, 6.07) is 8.23. The number of nitrogens with one attached hydrogen (secondary N) is 2. The number of anilines is 3. The van der Waals surface area contributed by atoms with Gasteiger partial charge in [0.2, 0.25) is 5.95 Å². The molecule has 1 amide bonds. The van der Waals surface area contributed by atoms with Gasteiger partial charge in [-0.1, -0.05) is 17.7 Å². The first kappa shape index (κ1) is 17.8. The Hall–Kier alpha value is -3.06. The Morgan fingerprint density at radius 3 is 2.46 bits per heavy atom. The first-order valence-electron chi connectivity index (χ1n) is 7.54. The number of hydrogen-bond donors (Lipinski definition) is 2. The van der Waals surface area contributed by atoms with E-state index in [9.17, 15) is 13.6 Å². The van der Waals surface area contributed by atoms with E-state index in [0.29, 0.717) is 11.1 Å². The number of benzene rings is 2. The number of nitrogens with zero attached hydrogens (tertiary/aromatic N) is 2. The van der Waals surface area contributed by atoms with Crippen LogP contribution in [0.1, 0.15) is 15.9 Å². The van der Waals surface area contributed by atoms with Crippen molar-refractivity contribution in [2.45, 2.75) is 6.92 Å². The van der Waals surface area contributed by atoms with E-state index in [1.54, 1.807) is 12.1 Å². The summed E-state index contributed by atoms with van der Waals surface area (Å²) in [6.07, 6.45) is 2.60. The average molecular weight is 375 g/mol. The quantitative estimate of drug-likeness (QED) is 0.694. The van der Waals surface area contributed by atoms with Gasteiger partial charge in [0, 0.05) is 29.2 Å². The van der Waals surface area contributed by atoms with Crippen molar-refractivity contribution >= 4 is 34.8 Å². The van der Waals surface area contributed by atoms with E-state index in [1.165, 1.54) is 12.4 Å². The molecule has 0 aliphatic rings. The largest absolute Gasteiger partial charge is 0.324 e. The van der Waals surface area contributed by atoms with Gasteiger partial charge in [-0.25, -0.2) is 18.7 Å². The Morgan fingerprint density at radius 1 is 1.04 bits per heavy atom. The molecule has 0 saturated carbocycles. The monoisotopic (exact) mass is 374 g/mol. The van der Waals surface area contributed by atoms with Gasteiger partial charge < -0.3 is 10.6 Å². The minimum atomic E-state index is -0.867. The van der Waals surface area contributed by atoms with Crippen molar-refractivity contribution in [1.29, 1.82) is 0 Å². The number of carbonyl (C=O) groups is 1. The number of carbonyl (C=O) groups excluding carboxylic acids is 1. The third-order valence-electron chi connectivity index (χ3n) is 3.54. The molecule has 3 aromatic rings. The third kappa shape index (κ3) is 4.12. The first-order valence-corrected chi connectivity index (χ1v) is 7.92. The summed E-state index contributed by atoms with van der Waals surface area (Å²) < 4.78 is 26.5. The highest BCUT2D eigenvalue weighted by Gasteiger charge is 2.11. The maximum Gasteiger partial charge on any atom is 0.258 e. The Balaban J connectivity index is 1.72. The van der Waals surface area contributed by atoms with Crippen molar-refractivity contribution in [3.63, 3.8) is 0 Å². The van der Waals surface area contributed by atoms with E-state index in [-0.39, 0.29) is 17.2 Å². The lowest BCUT2D eigenvalue weighted by atomic mass is 10.2. The average Bonchev–Trinajstić information content (AvgIpc) is 2.61. The van der Waals surface area contributed by atoms with Crippen LogP contribution >= 0.6 is 11.6 Å². The molecular weight excluding hydrogens is 362 g/mol. The molecule has 0 atom stereocenters. The van der Waals surface area contributed by atoms with Crippen molar-refractivity contribution in [2.75, 3.05) is 10.6 Å². The van der Waals surface area contributed by atoms with Gasteiger partial charge in [0.1, 0.15) is 11.6 Å². The fourth-order valence-corrected chi connectivity index (χ4v) is 2.32. The number of hydrogen-bond acceptors (Lipinski definition) is 4. The Morgan fingerprint density at radius 2 is 1.77 bits per heavy atom. The lowest BCUT2D eigenvalue weighted by molar-refractivity contribution is 0.102. The van der Waals surface area contributed by atoms with Crippen LogP contribution in [-0.4, -0.2) is 15.9 Å². The maximum atomic E-state index is 13.6. The Kier molecular flexibility index (Phi) is 5.09. The molecular formula is C18H13ClF2N4O. The minimum absolute atomic E-state index is 0.127. The van der Waals surface area contributed by atoms with Gasteiger partial charge in [0.25, 0.3) is 5.91 Å². The van der Waals surface area contributed by atoms with Gasteiger partial charge >= 0.3 is 0 Å². The molecule has 8 heteroatoms. The molecule has 0 spiro atoms. The minimum Gasteiger partial charge on any atom is -0.324 e. The zero-order chi connectivity index (χ0) is 18.7. The fraction of sp³-hybridized carbons (Fsp3) is 0.0556. The molecule has 0 aliphatic heterocycles. The predicted molar refractivity (Wildman–Crippen MR) is 95.8 cm³/mol. The third-order valence-corrected chi connectivity index (χ3v) is 3.77. The molecule has 0 bridgehead atoms. The van der Waals surface area contributed by atoms with Crippen LogP contribution in [0.3, 0.4) is 0 Å². The van der Waals surface area contributed by atoms with Gasteiger partial charge in [-0.3, -0.25) is 4.79 Å². The smallest absolute Gasteiger partial charge is 0.258 e.